The Morgan fingerprint density at radius 3 is 2.50 bits per heavy atom. The second-order valence-corrected chi connectivity index (χ2v) is 4.64. The molecular formula is C16H16N4O2. The number of nitrogens with two attached hydrogens (primary N) is 1. The number of hydrogen-bond donors (Lipinski definition) is 3. The minimum Gasteiger partial charge on any atom is -0.317 e. The van der Waals surface area contributed by atoms with E-state index in [0.29, 0.717) is 11.1 Å². The molecule has 1 heterocycles. The smallest absolute Gasteiger partial charge is 0.281 e. The standard InChI is InChI=1S/C16H16N4O2/c1-11-4-6-13(7-5-11)15(21)19-14(16(22)20-17)9-12-3-2-8-18-10-12/h2-10H,17H2,1H3,(H,19,21)(H,20,22). The van der Waals surface area contributed by atoms with Gasteiger partial charge >= 0.3 is 0 Å². The summed E-state index contributed by atoms with van der Waals surface area (Å²) in [6.07, 6.45) is 4.69. The molecule has 1 aromatic carbocycles. The second kappa shape index (κ2) is 7.14. The van der Waals surface area contributed by atoms with Crippen LogP contribution in [0.5, 0.6) is 0 Å². The summed E-state index contributed by atoms with van der Waals surface area (Å²) in [4.78, 5) is 27.9. The van der Waals surface area contributed by atoms with E-state index in [0.717, 1.165) is 5.56 Å². The van der Waals surface area contributed by atoms with Crippen LogP contribution in [0.1, 0.15) is 21.5 Å². The Hall–Kier alpha value is -2.99. The third-order valence-electron chi connectivity index (χ3n) is 2.93. The van der Waals surface area contributed by atoms with Gasteiger partial charge < -0.3 is 5.32 Å². The van der Waals surface area contributed by atoms with Gasteiger partial charge in [-0.3, -0.25) is 20.0 Å². The molecular weight excluding hydrogens is 280 g/mol. The Bertz CT molecular complexity index is 694. The highest BCUT2D eigenvalue weighted by molar-refractivity contribution is 6.05. The fraction of sp³-hybridized carbons (Fsp3) is 0.0625. The summed E-state index contributed by atoms with van der Waals surface area (Å²) < 4.78 is 0. The van der Waals surface area contributed by atoms with Crippen LogP contribution in [0.2, 0.25) is 0 Å². The van der Waals surface area contributed by atoms with Crippen LogP contribution >= 0.6 is 0 Å². The van der Waals surface area contributed by atoms with Gasteiger partial charge in [0.25, 0.3) is 11.8 Å². The lowest BCUT2D eigenvalue weighted by atomic mass is 10.1. The number of hydrazine groups is 1. The third kappa shape index (κ3) is 4.00. The number of hydrogen-bond acceptors (Lipinski definition) is 4. The van der Waals surface area contributed by atoms with Gasteiger partial charge in [0.05, 0.1) is 0 Å². The van der Waals surface area contributed by atoms with Gasteiger partial charge in [-0.25, -0.2) is 5.84 Å². The maximum atomic E-state index is 12.2. The van der Waals surface area contributed by atoms with Crippen LogP contribution in [-0.4, -0.2) is 16.8 Å². The number of nitrogens with one attached hydrogen (secondary N) is 2. The van der Waals surface area contributed by atoms with Crippen LogP contribution in [0.15, 0.2) is 54.5 Å². The molecule has 2 rings (SSSR count). The van der Waals surface area contributed by atoms with E-state index in [1.54, 1.807) is 36.7 Å². The molecule has 0 spiro atoms. The van der Waals surface area contributed by atoms with Gasteiger partial charge in [-0.2, -0.15) is 0 Å². The van der Waals surface area contributed by atoms with E-state index in [9.17, 15) is 9.59 Å². The lowest BCUT2D eigenvalue weighted by molar-refractivity contribution is -0.117. The largest absolute Gasteiger partial charge is 0.317 e. The van der Waals surface area contributed by atoms with Crippen molar-refractivity contribution in [2.24, 2.45) is 5.84 Å². The zero-order chi connectivity index (χ0) is 15.9. The highest BCUT2D eigenvalue weighted by Crippen LogP contribution is 2.07. The molecule has 22 heavy (non-hydrogen) atoms. The molecule has 0 atom stereocenters. The van der Waals surface area contributed by atoms with Crippen molar-refractivity contribution >= 4 is 17.9 Å². The molecule has 0 bridgehead atoms. The van der Waals surface area contributed by atoms with Crippen LogP contribution in [0.3, 0.4) is 0 Å². The SMILES string of the molecule is Cc1ccc(C(=O)NC(=Cc2cccnc2)C(=O)NN)cc1. The Balaban J connectivity index is 2.24. The van der Waals surface area contributed by atoms with Crippen molar-refractivity contribution in [2.75, 3.05) is 0 Å². The first-order valence-corrected chi connectivity index (χ1v) is 6.61. The maximum absolute atomic E-state index is 12.2. The maximum Gasteiger partial charge on any atom is 0.281 e. The average molecular weight is 296 g/mol. The van der Waals surface area contributed by atoms with Crippen molar-refractivity contribution in [1.82, 2.24) is 15.7 Å². The average Bonchev–Trinajstić information content (AvgIpc) is 2.55. The molecule has 112 valence electrons. The highest BCUT2D eigenvalue weighted by Gasteiger charge is 2.13. The summed E-state index contributed by atoms with van der Waals surface area (Å²) in [5.41, 5.74) is 4.22. The van der Waals surface area contributed by atoms with E-state index in [1.807, 2.05) is 24.5 Å². The van der Waals surface area contributed by atoms with Gasteiger partial charge in [0.2, 0.25) is 0 Å². The number of nitrogens with zero attached hydrogens (tertiary/aromatic N) is 1. The number of carbonyl (C=O) groups is 2. The predicted octanol–water partition coefficient (Wildman–Crippen LogP) is 1.15. The Labute approximate surface area is 128 Å². The second-order valence-electron chi connectivity index (χ2n) is 4.64. The van der Waals surface area contributed by atoms with Gasteiger partial charge in [0.1, 0.15) is 5.70 Å². The molecule has 0 aliphatic carbocycles. The molecule has 0 unspecified atom stereocenters. The van der Waals surface area contributed by atoms with Gasteiger partial charge in [-0.05, 0) is 36.8 Å². The minimum atomic E-state index is -0.593. The fourth-order valence-corrected chi connectivity index (χ4v) is 1.76. The number of aryl methyl sites for hydroxylation is 1. The molecule has 0 saturated carbocycles. The van der Waals surface area contributed by atoms with E-state index in [2.05, 4.69) is 10.3 Å². The molecule has 2 amide bonds. The highest BCUT2D eigenvalue weighted by atomic mass is 16.2. The molecule has 6 nitrogen and oxygen atoms in total. The number of amides is 2. The van der Waals surface area contributed by atoms with Gasteiger partial charge in [0.15, 0.2) is 0 Å². The van der Waals surface area contributed by atoms with Crippen molar-refractivity contribution in [1.29, 1.82) is 0 Å². The monoisotopic (exact) mass is 296 g/mol. The first kappa shape index (κ1) is 15.4. The molecule has 1 aromatic heterocycles. The number of benzene rings is 1. The van der Waals surface area contributed by atoms with Crippen molar-refractivity contribution in [3.63, 3.8) is 0 Å². The summed E-state index contributed by atoms with van der Waals surface area (Å²) in [5.74, 6) is 4.17. The van der Waals surface area contributed by atoms with E-state index in [4.69, 9.17) is 5.84 Å². The number of pyridine rings is 1. The van der Waals surface area contributed by atoms with Crippen molar-refractivity contribution < 1.29 is 9.59 Å². The van der Waals surface area contributed by atoms with Gasteiger partial charge in [-0.1, -0.05) is 23.8 Å². The minimum absolute atomic E-state index is 0.0427. The molecule has 4 N–H and O–H groups in total. The predicted molar refractivity (Wildman–Crippen MR) is 83.2 cm³/mol. The van der Waals surface area contributed by atoms with E-state index in [-0.39, 0.29) is 5.70 Å². The summed E-state index contributed by atoms with van der Waals surface area (Å²) in [7, 11) is 0. The summed E-state index contributed by atoms with van der Waals surface area (Å²) in [6, 6.07) is 10.5. The fourth-order valence-electron chi connectivity index (χ4n) is 1.76. The molecule has 6 heteroatoms. The van der Waals surface area contributed by atoms with Crippen molar-refractivity contribution in [3.8, 4) is 0 Å². The summed E-state index contributed by atoms with van der Waals surface area (Å²) >= 11 is 0. The summed E-state index contributed by atoms with van der Waals surface area (Å²) in [5, 5.41) is 2.55. The lowest BCUT2D eigenvalue weighted by Crippen LogP contribution is -2.38. The van der Waals surface area contributed by atoms with Gasteiger partial charge in [-0.15, -0.1) is 0 Å². The van der Waals surface area contributed by atoms with E-state index < -0.39 is 11.8 Å². The third-order valence-corrected chi connectivity index (χ3v) is 2.93. The number of aromatic nitrogens is 1. The topological polar surface area (TPSA) is 97.1 Å². The Morgan fingerprint density at radius 1 is 1.18 bits per heavy atom. The van der Waals surface area contributed by atoms with E-state index >= 15 is 0 Å². The number of rotatable bonds is 4. The summed E-state index contributed by atoms with van der Waals surface area (Å²) in [6.45, 7) is 1.93. The van der Waals surface area contributed by atoms with Crippen LogP contribution in [0, 0.1) is 6.92 Å². The molecule has 0 aliphatic heterocycles. The van der Waals surface area contributed by atoms with Crippen molar-refractivity contribution in [3.05, 3.63) is 71.2 Å². The van der Waals surface area contributed by atoms with Crippen molar-refractivity contribution in [2.45, 2.75) is 6.92 Å². The first-order chi connectivity index (χ1) is 10.6. The molecule has 0 radical (unpaired) electrons. The van der Waals surface area contributed by atoms with E-state index in [1.165, 1.54) is 6.08 Å². The Kier molecular flexibility index (Phi) is 5.00. The zero-order valence-corrected chi connectivity index (χ0v) is 12.0. The normalized spacial score (nSPS) is 10.9. The molecule has 0 saturated heterocycles. The van der Waals surface area contributed by atoms with Crippen LogP contribution < -0.4 is 16.6 Å². The number of carbonyl (C=O) groups excluding carboxylic acids is 2. The molecule has 0 aliphatic rings. The quantitative estimate of drug-likeness (QED) is 0.341. The van der Waals surface area contributed by atoms with Crippen LogP contribution in [0.25, 0.3) is 6.08 Å². The zero-order valence-electron chi connectivity index (χ0n) is 12.0. The van der Waals surface area contributed by atoms with Crippen LogP contribution in [-0.2, 0) is 4.79 Å². The first-order valence-electron chi connectivity index (χ1n) is 6.61. The van der Waals surface area contributed by atoms with Gasteiger partial charge in [0, 0.05) is 18.0 Å². The Morgan fingerprint density at radius 2 is 1.91 bits per heavy atom. The lowest BCUT2D eigenvalue weighted by Gasteiger charge is -2.09. The molecule has 0 fully saturated rings. The van der Waals surface area contributed by atoms with Crippen LogP contribution in [0.4, 0.5) is 0 Å². The molecule has 2 aromatic rings.